The Balaban J connectivity index is 1.65. The van der Waals surface area contributed by atoms with Gasteiger partial charge in [-0.25, -0.2) is 0 Å². The Bertz CT molecular complexity index is 768. The van der Waals surface area contributed by atoms with Gasteiger partial charge in [-0.2, -0.15) is 0 Å². The molecule has 4 bridgehead atoms. The maximum Gasteiger partial charge on any atom is 0.306 e. The predicted octanol–water partition coefficient (Wildman–Crippen LogP) is 4.19. The van der Waals surface area contributed by atoms with Crippen molar-refractivity contribution in [2.24, 2.45) is 39.4 Å². The van der Waals surface area contributed by atoms with Crippen LogP contribution in [0.3, 0.4) is 0 Å². The van der Waals surface area contributed by atoms with Crippen molar-refractivity contribution in [2.45, 2.75) is 65.7 Å². The molecule has 0 radical (unpaired) electrons. The van der Waals surface area contributed by atoms with Crippen molar-refractivity contribution in [1.29, 1.82) is 0 Å². The van der Waals surface area contributed by atoms with Crippen LogP contribution in [0.5, 0.6) is 0 Å². The van der Waals surface area contributed by atoms with Gasteiger partial charge in [0, 0.05) is 10.8 Å². The molecule has 0 amide bonds. The van der Waals surface area contributed by atoms with Crippen LogP contribution in [-0.4, -0.2) is 24.0 Å². The summed E-state index contributed by atoms with van der Waals surface area (Å²) in [6, 6.07) is 0. The summed E-state index contributed by atoms with van der Waals surface area (Å²) in [5.41, 5.74) is 0.211. The first-order chi connectivity index (χ1) is 12.1. The van der Waals surface area contributed by atoms with E-state index in [1.807, 2.05) is 6.92 Å². The van der Waals surface area contributed by atoms with Crippen LogP contribution < -0.4 is 0 Å². The number of hydrogen-bond donors (Lipinski definition) is 1. The number of carbonyl (C=O) groups excluding carboxylic acids is 2. The van der Waals surface area contributed by atoms with Gasteiger partial charge < -0.3 is 9.84 Å². The van der Waals surface area contributed by atoms with E-state index in [1.54, 1.807) is 0 Å². The molecule has 5 fully saturated rings. The SMILES string of the molecule is COC(=O)C[C@]1(C)CCC[C@]2(C)C1=C(O)C(=O)[C@@]13C[C@H]4[C@@H](C[C@H]12)[C@@]4(C)C3. The lowest BCUT2D eigenvalue weighted by Crippen LogP contribution is -2.58. The molecule has 0 heterocycles. The Morgan fingerprint density at radius 1 is 1.23 bits per heavy atom. The molecule has 1 N–H and O–H groups in total. The number of hydrogen-bond acceptors (Lipinski definition) is 4. The predicted molar refractivity (Wildman–Crippen MR) is 96.2 cm³/mol. The van der Waals surface area contributed by atoms with Crippen LogP contribution >= 0.6 is 0 Å². The topological polar surface area (TPSA) is 63.6 Å². The van der Waals surface area contributed by atoms with Crippen molar-refractivity contribution in [3.05, 3.63) is 11.3 Å². The van der Waals surface area contributed by atoms with Crippen LogP contribution in [0.2, 0.25) is 0 Å². The number of Topliss-reactive ketones (excluding diaryl/α,β-unsaturated/α-hetero) is 1. The zero-order valence-electron chi connectivity index (χ0n) is 16.4. The zero-order valence-corrected chi connectivity index (χ0v) is 16.4. The van der Waals surface area contributed by atoms with E-state index in [2.05, 4.69) is 13.8 Å². The number of aliphatic hydroxyl groups is 1. The van der Waals surface area contributed by atoms with E-state index < -0.39 is 5.41 Å². The molecule has 1 spiro atoms. The summed E-state index contributed by atoms with van der Waals surface area (Å²) >= 11 is 0. The third-order valence-electron chi connectivity index (χ3n) is 9.54. The molecule has 5 saturated carbocycles. The summed E-state index contributed by atoms with van der Waals surface area (Å²) in [5.74, 6) is 1.49. The maximum atomic E-state index is 13.5. The number of esters is 1. The zero-order chi connectivity index (χ0) is 18.7. The first-order valence-corrected chi connectivity index (χ1v) is 10.2. The first kappa shape index (κ1) is 16.8. The molecule has 6 aliphatic rings. The number of carbonyl (C=O) groups is 2. The van der Waals surface area contributed by atoms with Gasteiger partial charge >= 0.3 is 5.97 Å². The summed E-state index contributed by atoms with van der Waals surface area (Å²) < 4.78 is 4.94. The van der Waals surface area contributed by atoms with E-state index in [0.717, 1.165) is 50.0 Å². The lowest BCUT2D eigenvalue weighted by Gasteiger charge is -2.61. The van der Waals surface area contributed by atoms with Crippen molar-refractivity contribution in [3.8, 4) is 0 Å². The normalized spacial score (nSPS) is 53.8. The highest BCUT2D eigenvalue weighted by atomic mass is 16.5. The van der Waals surface area contributed by atoms with Crippen LogP contribution in [0.4, 0.5) is 0 Å². The minimum absolute atomic E-state index is 0.00166. The van der Waals surface area contributed by atoms with E-state index >= 15 is 0 Å². The summed E-state index contributed by atoms with van der Waals surface area (Å²) in [5, 5.41) is 11.2. The van der Waals surface area contributed by atoms with Crippen molar-refractivity contribution < 1.29 is 19.4 Å². The number of ketones is 1. The van der Waals surface area contributed by atoms with Crippen LogP contribution in [0.15, 0.2) is 11.3 Å². The summed E-state index contributed by atoms with van der Waals surface area (Å²) in [4.78, 5) is 25.6. The lowest BCUT2D eigenvalue weighted by atomic mass is 9.42. The number of rotatable bonds is 2. The van der Waals surface area contributed by atoms with E-state index in [4.69, 9.17) is 4.74 Å². The summed E-state index contributed by atoms with van der Waals surface area (Å²) in [6.07, 6.45) is 6.17. The van der Waals surface area contributed by atoms with E-state index in [1.165, 1.54) is 7.11 Å². The molecule has 142 valence electrons. The second-order valence-electron chi connectivity index (χ2n) is 10.7. The Morgan fingerprint density at radius 3 is 2.58 bits per heavy atom. The molecule has 0 aromatic heterocycles. The standard InChI is InChI=1S/C22H30O4/c1-19(10-15(23)26-4)6-5-7-20(2)14-8-12-13-9-22(14,11-21(12,13)3)18(25)16(24)17(19)20/h12-14,24H,5-11H2,1-4H3/t12-,13+,14+,19+,20+,21-,22-/m1/s1. The Hall–Kier alpha value is -1.32. The molecule has 0 unspecified atom stereocenters. The number of methoxy groups -OCH3 is 1. The fraction of sp³-hybridized carbons (Fsp3) is 0.818. The highest BCUT2D eigenvalue weighted by Gasteiger charge is 2.80. The highest BCUT2D eigenvalue weighted by molar-refractivity contribution is 6.01. The Morgan fingerprint density at radius 2 is 1.96 bits per heavy atom. The van der Waals surface area contributed by atoms with Crippen LogP contribution in [0, 0.1) is 39.4 Å². The van der Waals surface area contributed by atoms with Crippen molar-refractivity contribution in [3.63, 3.8) is 0 Å². The van der Waals surface area contributed by atoms with Gasteiger partial charge in [-0.1, -0.05) is 27.2 Å². The average Bonchev–Trinajstić information content (AvgIpc) is 3.03. The second-order valence-corrected chi connectivity index (χ2v) is 10.7. The van der Waals surface area contributed by atoms with Gasteiger partial charge in [0.05, 0.1) is 13.5 Å². The van der Waals surface area contributed by atoms with Gasteiger partial charge in [0.25, 0.3) is 0 Å². The summed E-state index contributed by atoms with van der Waals surface area (Å²) in [7, 11) is 1.41. The molecule has 26 heavy (non-hydrogen) atoms. The molecule has 6 rings (SSSR count). The van der Waals surface area contributed by atoms with Crippen LogP contribution in [-0.2, 0) is 14.3 Å². The number of fused-ring (bicyclic) bond motifs is 1. The largest absolute Gasteiger partial charge is 0.504 e. The third-order valence-corrected chi connectivity index (χ3v) is 9.54. The van der Waals surface area contributed by atoms with E-state index in [0.29, 0.717) is 17.3 Å². The minimum atomic E-state index is -0.477. The molecule has 0 aliphatic heterocycles. The molecular formula is C22H30O4. The monoisotopic (exact) mass is 358 g/mol. The van der Waals surface area contributed by atoms with Gasteiger partial charge in [-0.15, -0.1) is 0 Å². The molecule has 4 nitrogen and oxygen atoms in total. The molecular weight excluding hydrogens is 328 g/mol. The third kappa shape index (κ3) is 1.64. The molecule has 6 aliphatic carbocycles. The minimum Gasteiger partial charge on any atom is -0.504 e. The smallest absolute Gasteiger partial charge is 0.306 e. The van der Waals surface area contributed by atoms with Crippen LogP contribution in [0.25, 0.3) is 0 Å². The second kappa shape index (κ2) is 4.56. The summed E-state index contributed by atoms with van der Waals surface area (Å²) in [6.45, 7) is 6.66. The van der Waals surface area contributed by atoms with Crippen LogP contribution in [0.1, 0.15) is 65.7 Å². The van der Waals surface area contributed by atoms with Gasteiger partial charge in [-0.3, -0.25) is 9.59 Å². The molecule has 4 heteroatoms. The van der Waals surface area contributed by atoms with Crippen molar-refractivity contribution in [2.75, 3.05) is 7.11 Å². The average molecular weight is 358 g/mol. The molecule has 7 atom stereocenters. The van der Waals surface area contributed by atoms with E-state index in [-0.39, 0.29) is 34.8 Å². The number of allylic oxidation sites excluding steroid dienone is 2. The van der Waals surface area contributed by atoms with Gasteiger partial charge in [0.1, 0.15) is 0 Å². The first-order valence-electron chi connectivity index (χ1n) is 10.2. The van der Waals surface area contributed by atoms with Gasteiger partial charge in [0.15, 0.2) is 5.76 Å². The Labute approximate surface area is 155 Å². The lowest BCUT2D eigenvalue weighted by molar-refractivity contribution is -0.150. The number of aliphatic hydroxyl groups excluding tert-OH is 1. The van der Waals surface area contributed by atoms with Gasteiger partial charge in [-0.05, 0) is 66.3 Å². The van der Waals surface area contributed by atoms with Crippen molar-refractivity contribution in [1.82, 2.24) is 0 Å². The van der Waals surface area contributed by atoms with Gasteiger partial charge in [0.2, 0.25) is 5.78 Å². The maximum absolute atomic E-state index is 13.5. The number of ether oxygens (including phenoxy) is 1. The highest BCUT2D eigenvalue weighted by Crippen LogP contribution is 2.84. The Kier molecular flexibility index (Phi) is 2.95. The van der Waals surface area contributed by atoms with Crippen molar-refractivity contribution >= 4 is 11.8 Å². The molecule has 0 aromatic carbocycles. The fourth-order valence-corrected chi connectivity index (χ4v) is 8.53. The quantitative estimate of drug-likeness (QED) is 0.752. The molecule has 0 saturated heterocycles. The molecule has 0 aromatic rings. The fourth-order valence-electron chi connectivity index (χ4n) is 8.53. The van der Waals surface area contributed by atoms with E-state index in [9.17, 15) is 14.7 Å².